The van der Waals surface area contributed by atoms with Crippen LogP contribution >= 0.6 is 23.3 Å². The van der Waals surface area contributed by atoms with Crippen molar-refractivity contribution in [3.63, 3.8) is 0 Å². The lowest BCUT2D eigenvalue weighted by Gasteiger charge is -2.23. The third-order valence-electron chi connectivity index (χ3n) is 2.29. The van der Waals surface area contributed by atoms with E-state index >= 15 is 0 Å². The van der Waals surface area contributed by atoms with Crippen LogP contribution in [0.4, 0.5) is 0 Å². The summed E-state index contributed by atoms with van der Waals surface area (Å²) < 4.78 is 5.04. The van der Waals surface area contributed by atoms with Crippen LogP contribution in [0, 0.1) is 6.92 Å². The highest BCUT2D eigenvalue weighted by atomic mass is 32.2. The Labute approximate surface area is 93.1 Å². The molecule has 0 bridgehead atoms. The summed E-state index contributed by atoms with van der Waals surface area (Å²) in [6.07, 6.45) is 1.57. The topological polar surface area (TPSA) is 46.0 Å². The average Bonchev–Trinajstić information content (AvgIpc) is 2.61. The molecule has 0 aliphatic heterocycles. The van der Waals surface area contributed by atoms with Gasteiger partial charge in [-0.05, 0) is 31.3 Å². The smallest absolute Gasteiger partial charge is 0.170 e. The minimum Gasteiger partial charge on any atom is -0.389 e. The number of hydrogen-bond donors (Lipinski definition) is 1. The van der Waals surface area contributed by atoms with Crippen molar-refractivity contribution in [1.29, 1.82) is 0 Å². The number of nitrogens with zero attached hydrogens (tertiary/aromatic N) is 2. The molecule has 1 N–H and O–H groups in total. The van der Waals surface area contributed by atoms with Crippen molar-refractivity contribution in [2.45, 2.75) is 43.6 Å². The SMILES string of the molecule is CCC(O)(CC)CSc1nc(C)ns1. The normalized spacial score (nSPS) is 12.0. The van der Waals surface area contributed by atoms with Crippen LogP contribution in [-0.4, -0.2) is 25.8 Å². The average molecular weight is 232 g/mol. The van der Waals surface area contributed by atoms with E-state index in [9.17, 15) is 5.11 Å². The van der Waals surface area contributed by atoms with Gasteiger partial charge in [-0.3, -0.25) is 0 Å². The molecule has 14 heavy (non-hydrogen) atoms. The summed E-state index contributed by atoms with van der Waals surface area (Å²) >= 11 is 2.99. The molecule has 0 atom stereocenters. The van der Waals surface area contributed by atoms with Gasteiger partial charge in [-0.1, -0.05) is 25.6 Å². The second-order valence-corrected chi connectivity index (χ2v) is 5.30. The first-order chi connectivity index (χ1) is 6.59. The Balaban J connectivity index is 2.47. The zero-order valence-electron chi connectivity index (χ0n) is 8.78. The number of rotatable bonds is 5. The number of aliphatic hydroxyl groups is 1. The first-order valence-electron chi connectivity index (χ1n) is 4.75. The molecule has 1 aromatic rings. The van der Waals surface area contributed by atoms with Gasteiger partial charge in [-0.2, -0.15) is 4.37 Å². The molecule has 1 aromatic heterocycles. The van der Waals surface area contributed by atoms with Gasteiger partial charge in [0.1, 0.15) is 5.82 Å². The largest absolute Gasteiger partial charge is 0.389 e. The highest BCUT2D eigenvalue weighted by Crippen LogP contribution is 2.27. The second-order valence-electron chi connectivity index (χ2n) is 3.33. The van der Waals surface area contributed by atoms with Gasteiger partial charge < -0.3 is 5.11 Å². The van der Waals surface area contributed by atoms with Gasteiger partial charge in [0, 0.05) is 5.75 Å². The van der Waals surface area contributed by atoms with Gasteiger partial charge in [0.15, 0.2) is 4.34 Å². The van der Waals surface area contributed by atoms with E-state index < -0.39 is 5.60 Å². The van der Waals surface area contributed by atoms with Crippen molar-refractivity contribution in [1.82, 2.24) is 9.36 Å². The number of thioether (sulfide) groups is 1. The molecular formula is C9H16N2OS2. The van der Waals surface area contributed by atoms with E-state index in [1.165, 1.54) is 11.5 Å². The molecule has 0 radical (unpaired) electrons. The lowest BCUT2D eigenvalue weighted by molar-refractivity contribution is 0.0572. The molecule has 0 fully saturated rings. The Hall–Kier alpha value is -0.130. The molecule has 0 unspecified atom stereocenters. The Kier molecular flexibility index (Phi) is 4.34. The summed E-state index contributed by atoms with van der Waals surface area (Å²) in [5, 5.41) is 10.0. The van der Waals surface area contributed by atoms with Crippen molar-refractivity contribution < 1.29 is 5.11 Å². The van der Waals surface area contributed by atoms with Crippen LogP contribution in [-0.2, 0) is 0 Å². The summed E-state index contributed by atoms with van der Waals surface area (Å²) in [7, 11) is 0. The molecular weight excluding hydrogens is 216 g/mol. The molecule has 0 saturated heterocycles. The zero-order chi connectivity index (χ0) is 10.6. The fourth-order valence-electron chi connectivity index (χ4n) is 0.987. The minimum atomic E-state index is -0.551. The maximum atomic E-state index is 10.0. The zero-order valence-corrected chi connectivity index (χ0v) is 10.4. The highest BCUT2D eigenvalue weighted by molar-refractivity contribution is 8.01. The predicted molar refractivity (Wildman–Crippen MR) is 60.9 cm³/mol. The maximum Gasteiger partial charge on any atom is 0.170 e. The monoisotopic (exact) mass is 232 g/mol. The van der Waals surface area contributed by atoms with Gasteiger partial charge in [0.25, 0.3) is 0 Å². The Morgan fingerprint density at radius 3 is 2.50 bits per heavy atom. The van der Waals surface area contributed by atoms with Crippen LogP contribution < -0.4 is 0 Å². The molecule has 0 amide bonds. The molecule has 1 rings (SSSR count). The maximum absolute atomic E-state index is 10.0. The van der Waals surface area contributed by atoms with Crippen molar-refractivity contribution in [3.05, 3.63) is 5.82 Å². The summed E-state index contributed by atoms with van der Waals surface area (Å²) in [5.41, 5.74) is -0.551. The third kappa shape index (κ3) is 3.22. The van der Waals surface area contributed by atoms with Crippen LogP contribution in [0.25, 0.3) is 0 Å². The van der Waals surface area contributed by atoms with E-state index in [4.69, 9.17) is 0 Å². The first kappa shape index (κ1) is 11.9. The van der Waals surface area contributed by atoms with Gasteiger partial charge in [-0.25, -0.2) is 4.98 Å². The van der Waals surface area contributed by atoms with E-state index in [0.717, 1.165) is 23.0 Å². The van der Waals surface area contributed by atoms with E-state index in [1.807, 2.05) is 20.8 Å². The van der Waals surface area contributed by atoms with Crippen molar-refractivity contribution in [2.75, 3.05) is 5.75 Å². The van der Waals surface area contributed by atoms with Crippen molar-refractivity contribution in [3.8, 4) is 0 Å². The summed E-state index contributed by atoms with van der Waals surface area (Å²) in [6, 6.07) is 0. The summed E-state index contributed by atoms with van der Waals surface area (Å²) in [5.74, 6) is 1.52. The van der Waals surface area contributed by atoms with Crippen LogP contribution in [0.3, 0.4) is 0 Å². The molecule has 80 valence electrons. The molecule has 0 aliphatic carbocycles. The van der Waals surface area contributed by atoms with Gasteiger partial charge in [0.05, 0.1) is 5.60 Å². The molecule has 0 saturated carbocycles. The van der Waals surface area contributed by atoms with E-state index in [-0.39, 0.29) is 0 Å². The lowest BCUT2D eigenvalue weighted by Crippen LogP contribution is -2.29. The number of aromatic nitrogens is 2. The molecule has 5 heteroatoms. The molecule has 0 aliphatic rings. The van der Waals surface area contributed by atoms with Crippen LogP contribution in [0.1, 0.15) is 32.5 Å². The third-order valence-corrected chi connectivity index (χ3v) is 4.49. The van der Waals surface area contributed by atoms with E-state index in [1.54, 1.807) is 11.8 Å². The van der Waals surface area contributed by atoms with E-state index in [2.05, 4.69) is 9.36 Å². The first-order valence-corrected chi connectivity index (χ1v) is 6.51. The van der Waals surface area contributed by atoms with Gasteiger partial charge >= 0.3 is 0 Å². The molecule has 0 aromatic carbocycles. The lowest BCUT2D eigenvalue weighted by atomic mass is 10.0. The fourth-order valence-corrected chi connectivity index (χ4v) is 2.91. The van der Waals surface area contributed by atoms with Crippen LogP contribution in [0.5, 0.6) is 0 Å². The summed E-state index contributed by atoms with van der Waals surface area (Å²) in [6.45, 7) is 5.90. The minimum absolute atomic E-state index is 0.551. The molecule has 0 spiro atoms. The van der Waals surface area contributed by atoms with Crippen LogP contribution in [0.15, 0.2) is 4.34 Å². The quantitative estimate of drug-likeness (QED) is 0.792. The van der Waals surface area contributed by atoms with Crippen molar-refractivity contribution >= 4 is 23.3 Å². The highest BCUT2D eigenvalue weighted by Gasteiger charge is 2.22. The van der Waals surface area contributed by atoms with E-state index in [0.29, 0.717) is 5.75 Å². The van der Waals surface area contributed by atoms with Gasteiger partial charge in [0.2, 0.25) is 0 Å². The second kappa shape index (κ2) is 5.09. The Morgan fingerprint density at radius 1 is 1.43 bits per heavy atom. The van der Waals surface area contributed by atoms with Crippen molar-refractivity contribution in [2.24, 2.45) is 0 Å². The number of hydrogen-bond acceptors (Lipinski definition) is 5. The standard InChI is InChI=1S/C9H16N2OS2/c1-4-9(12,5-2)6-13-8-10-7(3)11-14-8/h12H,4-6H2,1-3H3. The number of aryl methyl sites for hydroxylation is 1. The molecule has 1 heterocycles. The van der Waals surface area contributed by atoms with Crippen LogP contribution in [0.2, 0.25) is 0 Å². The fraction of sp³-hybridized carbons (Fsp3) is 0.778. The summed E-state index contributed by atoms with van der Waals surface area (Å²) in [4.78, 5) is 4.24. The van der Waals surface area contributed by atoms with Gasteiger partial charge in [-0.15, -0.1) is 0 Å². The Bertz CT molecular complexity index is 284. The molecule has 3 nitrogen and oxygen atoms in total. The predicted octanol–water partition coefficient (Wildman–Crippen LogP) is 2.49. The Morgan fingerprint density at radius 2 is 2.07 bits per heavy atom.